The SMILES string of the molecule is Cl.Cl.O=CNCc1cc(C(F)(F)F)cc(C(F)(F)F)c1. The number of rotatable bonds is 3. The lowest BCUT2D eigenvalue weighted by Gasteiger charge is -2.13. The van der Waals surface area contributed by atoms with Crippen LogP contribution in [-0.4, -0.2) is 6.41 Å². The molecule has 2 nitrogen and oxygen atoms in total. The summed E-state index contributed by atoms with van der Waals surface area (Å²) in [7, 11) is 0. The average Bonchev–Trinajstić information content (AvgIpc) is 2.23. The molecule has 0 aliphatic carbocycles. The van der Waals surface area contributed by atoms with Crippen molar-refractivity contribution in [2.24, 2.45) is 0 Å². The zero-order valence-electron chi connectivity index (χ0n) is 9.51. The summed E-state index contributed by atoms with van der Waals surface area (Å²) in [4.78, 5) is 9.99. The van der Waals surface area contributed by atoms with Gasteiger partial charge in [0.15, 0.2) is 0 Å². The highest BCUT2D eigenvalue weighted by molar-refractivity contribution is 5.85. The predicted octanol–water partition coefficient (Wildman–Crippen LogP) is 3.81. The van der Waals surface area contributed by atoms with Crippen LogP contribution in [0.4, 0.5) is 26.3 Å². The summed E-state index contributed by atoms with van der Waals surface area (Å²) in [6.07, 6.45) is -9.57. The van der Waals surface area contributed by atoms with E-state index in [0.717, 1.165) is 0 Å². The molecule has 0 aromatic heterocycles. The van der Waals surface area contributed by atoms with Crippen molar-refractivity contribution < 1.29 is 31.1 Å². The van der Waals surface area contributed by atoms with Crippen LogP contribution in [0.3, 0.4) is 0 Å². The number of halogens is 8. The molecule has 0 fully saturated rings. The van der Waals surface area contributed by atoms with Gasteiger partial charge in [0, 0.05) is 6.54 Å². The van der Waals surface area contributed by atoms with E-state index in [1.807, 2.05) is 5.32 Å². The summed E-state index contributed by atoms with van der Waals surface area (Å²) in [5, 5.41) is 2.01. The minimum absolute atomic E-state index is 0. The van der Waals surface area contributed by atoms with E-state index in [0.29, 0.717) is 12.1 Å². The van der Waals surface area contributed by atoms with Crippen molar-refractivity contribution in [3.05, 3.63) is 34.9 Å². The van der Waals surface area contributed by atoms with Crippen LogP contribution < -0.4 is 5.32 Å². The second kappa shape index (κ2) is 7.58. The van der Waals surface area contributed by atoms with E-state index in [1.165, 1.54) is 0 Å². The molecule has 1 rings (SSSR count). The number of hydrogen-bond acceptors (Lipinski definition) is 1. The Labute approximate surface area is 122 Å². The summed E-state index contributed by atoms with van der Waals surface area (Å²) in [6.45, 7) is -0.406. The third-order valence-electron chi connectivity index (χ3n) is 2.04. The number of benzene rings is 1. The van der Waals surface area contributed by atoms with Gasteiger partial charge in [0.05, 0.1) is 11.1 Å². The van der Waals surface area contributed by atoms with Crippen LogP contribution in [0.25, 0.3) is 0 Å². The lowest BCUT2D eigenvalue weighted by Crippen LogP contribution is -2.15. The topological polar surface area (TPSA) is 29.1 Å². The molecular formula is C10H9Cl2F6NO. The van der Waals surface area contributed by atoms with Gasteiger partial charge in [0.25, 0.3) is 0 Å². The van der Waals surface area contributed by atoms with Crippen LogP contribution in [0.15, 0.2) is 18.2 Å². The summed E-state index contributed by atoms with van der Waals surface area (Å²) in [5.41, 5.74) is -3.08. The van der Waals surface area contributed by atoms with Gasteiger partial charge in [-0.1, -0.05) is 0 Å². The maximum absolute atomic E-state index is 12.4. The first-order valence-electron chi connectivity index (χ1n) is 4.60. The van der Waals surface area contributed by atoms with Crippen molar-refractivity contribution >= 4 is 31.2 Å². The third kappa shape index (κ3) is 5.87. The minimum Gasteiger partial charge on any atom is -0.355 e. The molecule has 0 radical (unpaired) electrons. The van der Waals surface area contributed by atoms with Crippen LogP contribution in [0.1, 0.15) is 16.7 Å². The summed E-state index contributed by atoms with van der Waals surface area (Å²) >= 11 is 0. The maximum atomic E-state index is 12.4. The molecular weight excluding hydrogens is 335 g/mol. The number of alkyl halides is 6. The Morgan fingerprint density at radius 2 is 1.30 bits per heavy atom. The maximum Gasteiger partial charge on any atom is 0.416 e. The van der Waals surface area contributed by atoms with Gasteiger partial charge in [0.2, 0.25) is 6.41 Å². The monoisotopic (exact) mass is 343 g/mol. The van der Waals surface area contributed by atoms with Gasteiger partial charge >= 0.3 is 12.4 Å². The van der Waals surface area contributed by atoms with Gasteiger partial charge in [-0.25, -0.2) is 0 Å². The first-order chi connectivity index (χ1) is 8.14. The lowest BCUT2D eigenvalue weighted by molar-refractivity contribution is -0.143. The molecule has 1 N–H and O–H groups in total. The molecule has 0 spiro atoms. The van der Waals surface area contributed by atoms with Crippen LogP contribution in [0.2, 0.25) is 0 Å². The zero-order chi connectivity index (χ0) is 14.0. The van der Waals surface area contributed by atoms with E-state index in [2.05, 4.69) is 0 Å². The molecule has 0 saturated heterocycles. The Balaban J connectivity index is 0. The first-order valence-corrected chi connectivity index (χ1v) is 4.60. The summed E-state index contributed by atoms with van der Waals surface area (Å²) in [6, 6.07) is 1.15. The standard InChI is InChI=1S/C10H7F6NO.2ClH/c11-9(12,13)7-1-6(4-17-5-18)2-8(3-7)10(14,15)16;;/h1-3,5H,4H2,(H,17,18);2*1H. The first kappa shape index (κ1) is 21.2. The fourth-order valence-electron chi connectivity index (χ4n) is 1.28. The van der Waals surface area contributed by atoms with Gasteiger partial charge in [0.1, 0.15) is 0 Å². The van der Waals surface area contributed by atoms with Gasteiger partial charge in [-0.05, 0) is 23.8 Å². The van der Waals surface area contributed by atoms with Gasteiger partial charge in [-0.3, -0.25) is 4.79 Å². The Kier molecular flexibility index (Phi) is 8.02. The summed E-state index contributed by atoms with van der Waals surface area (Å²) < 4.78 is 74.4. The van der Waals surface area contributed by atoms with Crippen LogP contribution in [-0.2, 0) is 23.7 Å². The van der Waals surface area contributed by atoms with E-state index in [1.54, 1.807) is 0 Å². The Morgan fingerprint density at radius 3 is 1.60 bits per heavy atom. The molecule has 0 saturated carbocycles. The van der Waals surface area contributed by atoms with Crippen molar-refractivity contribution in [1.29, 1.82) is 0 Å². The van der Waals surface area contributed by atoms with Crippen LogP contribution in [0.5, 0.6) is 0 Å². The van der Waals surface area contributed by atoms with Crippen LogP contribution in [0, 0.1) is 0 Å². The Bertz CT molecular complexity index is 414. The third-order valence-corrected chi connectivity index (χ3v) is 2.04. The van der Waals surface area contributed by atoms with Gasteiger partial charge in [-0.2, -0.15) is 26.3 Å². The molecule has 0 aliphatic heterocycles. The second-order valence-corrected chi connectivity index (χ2v) is 3.41. The Hall–Kier alpha value is -1.15. The number of amides is 1. The van der Waals surface area contributed by atoms with Crippen molar-refractivity contribution in [1.82, 2.24) is 5.32 Å². The van der Waals surface area contributed by atoms with Crippen LogP contribution >= 0.6 is 24.8 Å². The fraction of sp³-hybridized carbons (Fsp3) is 0.300. The highest BCUT2D eigenvalue weighted by atomic mass is 35.5. The van der Waals surface area contributed by atoms with E-state index in [-0.39, 0.29) is 42.9 Å². The average molecular weight is 344 g/mol. The number of carbonyl (C=O) groups excluding carboxylic acids is 1. The molecule has 1 aromatic carbocycles. The molecule has 0 aliphatic rings. The minimum atomic E-state index is -4.88. The molecule has 116 valence electrons. The van der Waals surface area contributed by atoms with Crippen molar-refractivity contribution in [3.63, 3.8) is 0 Å². The summed E-state index contributed by atoms with van der Waals surface area (Å²) in [5.74, 6) is 0. The lowest BCUT2D eigenvalue weighted by atomic mass is 10.0. The fourth-order valence-corrected chi connectivity index (χ4v) is 1.28. The second-order valence-electron chi connectivity index (χ2n) is 3.41. The van der Waals surface area contributed by atoms with Gasteiger partial charge in [-0.15, -0.1) is 24.8 Å². The molecule has 0 bridgehead atoms. The van der Waals surface area contributed by atoms with E-state index >= 15 is 0 Å². The molecule has 0 unspecified atom stereocenters. The highest BCUT2D eigenvalue weighted by Crippen LogP contribution is 2.36. The van der Waals surface area contributed by atoms with Crippen molar-refractivity contribution in [2.45, 2.75) is 18.9 Å². The predicted molar refractivity (Wildman–Crippen MR) is 63.8 cm³/mol. The molecule has 0 heterocycles. The highest BCUT2D eigenvalue weighted by Gasteiger charge is 2.36. The molecule has 10 heteroatoms. The molecule has 1 aromatic rings. The van der Waals surface area contributed by atoms with Gasteiger partial charge < -0.3 is 5.32 Å². The normalized spacial score (nSPS) is 11.1. The van der Waals surface area contributed by atoms with E-state index in [9.17, 15) is 31.1 Å². The smallest absolute Gasteiger partial charge is 0.355 e. The number of hydrogen-bond donors (Lipinski definition) is 1. The Morgan fingerprint density at radius 1 is 0.900 bits per heavy atom. The van der Waals surface area contributed by atoms with E-state index in [4.69, 9.17) is 0 Å². The number of carbonyl (C=O) groups is 1. The quantitative estimate of drug-likeness (QED) is 0.656. The number of nitrogens with one attached hydrogen (secondary N) is 1. The molecule has 20 heavy (non-hydrogen) atoms. The molecule has 0 atom stereocenters. The van der Waals surface area contributed by atoms with E-state index < -0.39 is 30.0 Å². The van der Waals surface area contributed by atoms with Crippen molar-refractivity contribution in [3.8, 4) is 0 Å². The molecule has 1 amide bonds. The van der Waals surface area contributed by atoms with Crippen molar-refractivity contribution in [2.75, 3.05) is 0 Å². The largest absolute Gasteiger partial charge is 0.416 e. The zero-order valence-corrected chi connectivity index (χ0v) is 11.1.